The highest BCUT2D eigenvalue weighted by Gasteiger charge is 2.11. The van der Waals surface area contributed by atoms with Gasteiger partial charge in [-0.2, -0.15) is 0 Å². The van der Waals surface area contributed by atoms with Gasteiger partial charge in [0.2, 0.25) is 0 Å². The van der Waals surface area contributed by atoms with Crippen LogP contribution >= 0.6 is 0 Å². The van der Waals surface area contributed by atoms with Gasteiger partial charge in [0.15, 0.2) is 5.65 Å². The highest BCUT2D eigenvalue weighted by atomic mass is 16.2. The summed E-state index contributed by atoms with van der Waals surface area (Å²) in [6.45, 7) is 4.43. The van der Waals surface area contributed by atoms with Gasteiger partial charge in [-0.3, -0.25) is 14.3 Å². The summed E-state index contributed by atoms with van der Waals surface area (Å²) in [5, 5.41) is 0. The number of nitrogens with one attached hydrogen (secondary N) is 2. The zero-order valence-electron chi connectivity index (χ0n) is 10.0. The lowest BCUT2D eigenvalue weighted by Crippen LogP contribution is -2.29. The number of aromatic amines is 2. The summed E-state index contributed by atoms with van der Waals surface area (Å²) < 4.78 is 1.46. The summed E-state index contributed by atoms with van der Waals surface area (Å²) in [6.07, 6.45) is 2.87. The van der Waals surface area contributed by atoms with Crippen molar-refractivity contribution >= 4 is 11.2 Å². The smallest absolute Gasteiger partial charge is 0.330 e. The Hall–Kier alpha value is -1.85. The van der Waals surface area contributed by atoms with Crippen molar-refractivity contribution in [1.82, 2.24) is 19.5 Å². The second-order valence-electron chi connectivity index (χ2n) is 3.99. The topological polar surface area (TPSA) is 83.5 Å². The zero-order valence-corrected chi connectivity index (χ0v) is 10.0. The average molecular weight is 236 g/mol. The van der Waals surface area contributed by atoms with Crippen LogP contribution < -0.4 is 11.2 Å². The molecule has 6 nitrogen and oxygen atoms in total. The van der Waals surface area contributed by atoms with Crippen LogP contribution in [0.3, 0.4) is 0 Å². The first-order chi connectivity index (χ1) is 8.17. The molecule has 17 heavy (non-hydrogen) atoms. The highest BCUT2D eigenvalue weighted by Crippen LogP contribution is 2.07. The fourth-order valence-electron chi connectivity index (χ4n) is 1.84. The van der Waals surface area contributed by atoms with Gasteiger partial charge >= 0.3 is 5.69 Å². The van der Waals surface area contributed by atoms with E-state index in [1.54, 1.807) is 0 Å². The number of imidazole rings is 1. The van der Waals surface area contributed by atoms with Gasteiger partial charge in [0.1, 0.15) is 11.3 Å². The van der Waals surface area contributed by atoms with E-state index >= 15 is 0 Å². The minimum Gasteiger partial charge on any atom is -0.336 e. The molecule has 2 aromatic heterocycles. The number of hydrogen-bond donors (Lipinski definition) is 2. The second-order valence-corrected chi connectivity index (χ2v) is 3.99. The standard InChI is InChI=1S/C11H16N4O2/c1-3-5-6-7-12-8-9(13-7)15(4-2)11(17)14-10(8)16/h3-6H2,1-2H3,(H,12,13)(H,14,16,17). The molecule has 0 saturated heterocycles. The molecule has 2 N–H and O–H groups in total. The van der Waals surface area contributed by atoms with Gasteiger partial charge in [-0.25, -0.2) is 9.78 Å². The van der Waals surface area contributed by atoms with Crippen molar-refractivity contribution in [3.05, 3.63) is 26.7 Å². The summed E-state index contributed by atoms with van der Waals surface area (Å²) in [6, 6.07) is 0. The third-order valence-corrected chi connectivity index (χ3v) is 2.77. The highest BCUT2D eigenvalue weighted by molar-refractivity contribution is 5.69. The van der Waals surface area contributed by atoms with Crippen LogP contribution in [0.2, 0.25) is 0 Å². The summed E-state index contributed by atoms with van der Waals surface area (Å²) >= 11 is 0. The van der Waals surface area contributed by atoms with Crippen LogP contribution in [0.1, 0.15) is 32.5 Å². The molecule has 0 unspecified atom stereocenters. The Morgan fingerprint density at radius 2 is 2.00 bits per heavy atom. The summed E-state index contributed by atoms with van der Waals surface area (Å²) in [5.74, 6) is 0.764. The lowest BCUT2D eigenvalue weighted by molar-refractivity contribution is 0.716. The fraction of sp³-hybridized carbons (Fsp3) is 0.545. The van der Waals surface area contributed by atoms with Crippen molar-refractivity contribution < 1.29 is 0 Å². The molecular formula is C11H16N4O2. The van der Waals surface area contributed by atoms with Crippen molar-refractivity contribution in [2.24, 2.45) is 0 Å². The number of unbranched alkanes of at least 4 members (excludes halogenated alkanes) is 1. The van der Waals surface area contributed by atoms with Crippen LogP contribution in [0.4, 0.5) is 0 Å². The summed E-state index contributed by atoms with van der Waals surface area (Å²) in [4.78, 5) is 32.8. The molecule has 0 bridgehead atoms. The number of hydrogen-bond acceptors (Lipinski definition) is 3. The Balaban J connectivity index is 2.62. The molecule has 0 saturated carbocycles. The van der Waals surface area contributed by atoms with Gasteiger partial charge in [0.25, 0.3) is 5.56 Å². The number of H-pyrrole nitrogens is 2. The Labute approximate surface area is 97.7 Å². The van der Waals surface area contributed by atoms with Crippen molar-refractivity contribution in [3.8, 4) is 0 Å². The Bertz CT molecular complexity index is 635. The predicted octanol–water partition coefficient (Wildman–Crippen LogP) is 0.775. The monoisotopic (exact) mass is 236 g/mol. The zero-order chi connectivity index (χ0) is 12.4. The minimum absolute atomic E-state index is 0.387. The molecule has 0 aliphatic heterocycles. The van der Waals surface area contributed by atoms with Crippen LogP contribution in [0.15, 0.2) is 9.59 Å². The van der Waals surface area contributed by atoms with Crippen molar-refractivity contribution in [3.63, 3.8) is 0 Å². The van der Waals surface area contributed by atoms with Crippen LogP contribution in [-0.2, 0) is 13.0 Å². The molecule has 92 valence electrons. The van der Waals surface area contributed by atoms with Crippen molar-refractivity contribution in [2.45, 2.75) is 39.7 Å². The minimum atomic E-state index is -0.404. The van der Waals surface area contributed by atoms with Gasteiger partial charge in [-0.1, -0.05) is 13.3 Å². The molecule has 2 rings (SSSR count). The quantitative estimate of drug-likeness (QED) is 0.822. The third-order valence-electron chi connectivity index (χ3n) is 2.77. The molecule has 0 atom stereocenters. The first-order valence-corrected chi connectivity index (χ1v) is 5.89. The lowest BCUT2D eigenvalue weighted by Gasteiger charge is -1.99. The van der Waals surface area contributed by atoms with E-state index in [1.165, 1.54) is 4.57 Å². The normalized spacial score (nSPS) is 11.2. The predicted molar refractivity (Wildman–Crippen MR) is 65.3 cm³/mol. The maximum atomic E-state index is 11.6. The SMILES string of the molecule is CCCCc1nc2c([nH]1)c(=O)[nH]c(=O)n2CC. The molecular weight excluding hydrogens is 220 g/mol. The summed E-state index contributed by atoms with van der Waals surface area (Å²) in [5.41, 5.74) is 0.0356. The molecule has 0 radical (unpaired) electrons. The second kappa shape index (κ2) is 4.57. The Morgan fingerprint density at radius 1 is 1.24 bits per heavy atom. The number of fused-ring (bicyclic) bond motifs is 1. The Kier molecular flexibility index (Phi) is 3.12. The number of aromatic nitrogens is 4. The maximum Gasteiger partial charge on any atom is 0.330 e. The molecule has 2 heterocycles. The molecule has 0 aliphatic rings. The molecule has 6 heteroatoms. The molecule has 0 spiro atoms. The van der Waals surface area contributed by atoms with Gasteiger partial charge in [-0.05, 0) is 13.3 Å². The van der Waals surface area contributed by atoms with Gasteiger partial charge in [-0.15, -0.1) is 0 Å². The largest absolute Gasteiger partial charge is 0.336 e. The lowest BCUT2D eigenvalue weighted by atomic mass is 10.2. The van der Waals surface area contributed by atoms with Crippen molar-refractivity contribution in [2.75, 3.05) is 0 Å². The first-order valence-electron chi connectivity index (χ1n) is 5.89. The van der Waals surface area contributed by atoms with E-state index in [0.29, 0.717) is 17.7 Å². The number of aryl methyl sites for hydroxylation is 2. The molecule has 2 aromatic rings. The van der Waals surface area contributed by atoms with E-state index in [2.05, 4.69) is 21.9 Å². The molecule has 0 aromatic carbocycles. The summed E-state index contributed by atoms with van der Waals surface area (Å²) in [7, 11) is 0. The van der Waals surface area contributed by atoms with E-state index in [1.807, 2.05) is 6.92 Å². The van der Waals surface area contributed by atoms with Gasteiger partial charge < -0.3 is 4.98 Å². The fourth-order valence-corrected chi connectivity index (χ4v) is 1.84. The molecule has 0 aliphatic carbocycles. The first kappa shape index (κ1) is 11.6. The van der Waals surface area contributed by atoms with E-state index in [0.717, 1.165) is 25.1 Å². The molecule has 0 fully saturated rings. The van der Waals surface area contributed by atoms with Crippen LogP contribution in [-0.4, -0.2) is 19.5 Å². The van der Waals surface area contributed by atoms with E-state index < -0.39 is 11.2 Å². The van der Waals surface area contributed by atoms with Crippen LogP contribution in [0, 0.1) is 0 Å². The van der Waals surface area contributed by atoms with E-state index in [9.17, 15) is 9.59 Å². The van der Waals surface area contributed by atoms with Crippen LogP contribution in [0.5, 0.6) is 0 Å². The average Bonchev–Trinajstić information content (AvgIpc) is 2.71. The number of nitrogens with zero attached hydrogens (tertiary/aromatic N) is 2. The number of rotatable bonds is 4. The Morgan fingerprint density at radius 3 is 2.65 bits per heavy atom. The van der Waals surface area contributed by atoms with E-state index in [-0.39, 0.29) is 0 Å². The van der Waals surface area contributed by atoms with Gasteiger partial charge in [0.05, 0.1) is 0 Å². The molecule has 0 amide bonds. The third kappa shape index (κ3) is 2.02. The van der Waals surface area contributed by atoms with Gasteiger partial charge in [0, 0.05) is 13.0 Å². The van der Waals surface area contributed by atoms with Crippen LogP contribution in [0.25, 0.3) is 11.2 Å². The van der Waals surface area contributed by atoms with E-state index in [4.69, 9.17) is 0 Å². The maximum absolute atomic E-state index is 11.6. The van der Waals surface area contributed by atoms with Crippen molar-refractivity contribution in [1.29, 1.82) is 0 Å².